The molecule has 0 bridgehead atoms. The molecule has 1 aliphatic heterocycles. The number of benzene rings is 1. The van der Waals surface area contributed by atoms with Gasteiger partial charge in [-0.25, -0.2) is 4.79 Å². The first kappa shape index (κ1) is 12.0. The van der Waals surface area contributed by atoms with Crippen molar-refractivity contribution in [1.82, 2.24) is 0 Å². The third kappa shape index (κ3) is 2.29. The minimum Gasteiger partial charge on any atom is -0.478 e. The first-order chi connectivity index (χ1) is 7.99. The van der Waals surface area contributed by atoms with Gasteiger partial charge in [-0.15, -0.1) is 0 Å². The molecule has 1 unspecified atom stereocenters. The van der Waals surface area contributed by atoms with Crippen molar-refractivity contribution in [3.8, 4) is 0 Å². The quantitative estimate of drug-likeness (QED) is 0.787. The Balaban J connectivity index is 2.45. The Morgan fingerprint density at radius 2 is 2.24 bits per heavy atom. The molecule has 0 radical (unpaired) electrons. The molecular weight excluding hydrogens is 238 g/mol. The van der Waals surface area contributed by atoms with E-state index >= 15 is 0 Å². The standard InChI is InChI=1S/C12H13NO3S/c1-7-2-3-10(9(4-7)12(15)16)13-6-8(17)5-11(13)14/h2-4,8,17H,5-6H2,1H3,(H,15,16). The lowest BCUT2D eigenvalue weighted by molar-refractivity contribution is -0.117. The lowest BCUT2D eigenvalue weighted by atomic mass is 10.1. The number of hydrogen-bond donors (Lipinski definition) is 2. The van der Waals surface area contributed by atoms with E-state index in [1.165, 1.54) is 4.90 Å². The van der Waals surface area contributed by atoms with Gasteiger partial charge in [0.1, 0.15) is 0 Å². The maximum atomic E-state index is 11.7. The van der Waals surface area contributed by atoms with E-state index < -0.39 is 5.97 Å². The smallest absolute Gasteiger partial charge is 0.337 e. The highest BCUT2D eigenvalue weighted by atomic mass is 32.1. The third-order valence-corrected chi connectivity index (χ3v) is 3.12. The molecule has 0 aromatic heterocycles. The van der Waals surface area contributed by atoms with Crippen LogP contribution in [0.2, 0.25) is 0 Å². The van der Waals surface area contributed by atoms with E-state index in [0.717, 1.165) is 5.56 Å². The highest BCUT2D eigenvalue weighted by molar-refractivity contribution is 7.81. The van der Waals surface area contributed by atoms with Crippen molar-refractivity contribution in [3.63, 3.8) is 0 Å². The minimum atomic E-state index is -1.01. The summed E-state index contributed by atoms with van der Waals surface area (Å²) in [6, 6.07) is 5.07. The molecule has 1 saturated heterocycles. The number of carboxylic acid groups (broad SMARTS) is 1. The Labute approximate surface area is 105 Å². The van der Waals surface area contributed by atoms with Gasteiger partial charge in [-0.2, -0.15) is 12.6 Å². The van der Waals surface area contributed by atoms with Crippen LogP contribution in [-0.2, 0) is 4.79 Å². The maximum Gasteiger partial charge on any atom is 0.337 e. The summed E-state index contributed by atoms with van der Waals surface area (Å²) in [7, 11) is 0. The molecule has 1 amide bonds. The molecule has 1 aromatic rings. The van der Waals surface area contributed by atoms with Gasteiger partial charge in [0.05, 0.1) is 11.3 Å². The minimum absolute atomic E-state index is 0.0227. The van der Waals surface area contributed by atoms with Gasteiger partial charge < -0.3 is 10.0 Å². The van der Waals surface area contributed by atoms with Crippen LogP contribution >= 0.6 is 12.6 Å². The summed E-state index contributed by atoms with van der Waals surface area (Å²) in [4.78, 5) is 24.4. The van der Waals surface area contributed by atoms with E-state index in [0.29, 0.717) is 18.7 Å². The summed E-state index contributed by atoms with van der Waals surface area (Å²) in [5.74, 6) is -1.09. The lowest BCUT2D eigenvalue weighted by Gasteiger charge is -2.18. The van der Waals surface area contributed by atoms with Crippen LogP contribution in [0.3, 0.4) is 0 Å². The third-order valence-electron chi connectivity index (χ3n) is 2.78. The van der Waals surface area contributed by atoms with E-state index in [2.05, 4.69) is 12.6 Å². The maximum absolute atomic E-state index is 11.7. The molecule has 1 aliphatic rings. The molecule has 0 aliphatic carbocycles. The topological polar surface area (TPSA) is 57.6 Å². The number of hydrogen-bond acceptors (Lipinski definition) is 3. The molecule has 0 spiro atoms. The summed E-state index contributed by atoms with van der Waals surface area (Å²) in [6.45, 7) is 2.29. The second-order valence-corrected chi connectivity index (χ2v) is 4.92. The van der Waals surface area contributed by atoms with Gasteiger partial charge in [-0.05, 0) is 19.1 Å². The molecule has 1 atom stereocenters. The van der Waals surface area contributed by atoms with Crippen molar-refractivity contribution in [2.45, 2.75) is 18.6 Å². The molecule has 5 heteroatoms. The molecule has 2 rings (SSSR count). The average molecular weight is 251 g/mol. The second kappa shape index (κ2) is 4.41. The fraction of sp³-hybridized carbons (Fsp3) is 0.333. The predicted octanol–water partition coefficient (Wildman–Crippen LogP) is 1.73. The summed E-state index contributed by atoms with van der Waals surface area (Å²) < 4.78 is 0. The first-order valence-electron chi connectivity index (χ1n) is 5.31. The van der Waals surface area contributed by atoms with Crippen LogP contribution in [0.4, 0.5) is 5.69 Å². The van der Waals surface area contributed by atoms with E-state index in [1.807, 2.05) is 6.92 Å². The SMILES string of the molecule is Cc1ccc(N2CC(S)CC2=O)c(C(=O)O)c1. The molecule has 1 aromatic carbocycles. The molecule has 17 heavy (non-hydrogen) atoms. The fourth-order valence-corrected chi connectivity index (χ4v) is 2.30. The number of carboxylic acids is 1. The van der Waals surface area contributed by atoms with Crippen LogP contribution in [0.5, 0.6) is 0 Å². The highest BCUT2D eigenvalue weighted by Crippen LogP contribution is 2.28. The zero-order valence-corrected chi connectivity index (χ0v) is 10.3. The summed E-state index contributed by atoms with van der Waals surface area (Å²) in [5.41, 5.74) is 1.49. The number of thiol groups is 1. The zero-order valence-electron chi connectivity index (χ0n) is 9.38. The Morgan fingerprint density at radius 3 is 2.76 bits per heavy atom. The number of aryl methyl sites for hydroxylation is 1. The monoisotopic (exact) mass is 251 g/mol. The van der Waals surface area contributed by atoms with Crippen LogP contribution in [0.1, 0.15) is 22.3 Å². The van der Waals surface area contributed by atoms with Gasteiger partial charge in [0.2, 0.25) is 5.91 Å². The predicted molar refractivity (Wildman–Crippen MR) is 67.9 cm³/mol. The van der Waals surface area contributed by atoms with Gasteiger partial charge in [0, 0.05) is 18.2 Å². The zero-order chi connectivity index (χ0) is 12.6. The molecular formula is C12H13NO3S. The van der Waals surface area contributed by atoms with Crippen molar-refractivity contribution in [3.05, 3.63) is 29.3 Å². The van der Waals surface area contributed by atoms with Gasteiger partial charge in [0.15, 0.2) is 0 Å². The van der Waals surface area contributed by atoms with E-state index in [1.54, 1.807) is 18.2 Å². The van der Waals surface area contributed by atoms with Gasteiger partial charge in [-0.3, -0.25) is 4.79 Å². The number of carbonyl (C=O) groups excluding carboxylic acids is 1. The molecule has 1 heterocycles. The largest absolute Gasteiger partial charge is 0.478 e. The fourth-order valence-electron chi connectivity index (χ4n) is 1.98. The lowest BCUT2D eigenvalue weighted by Crippen LogP contribution is -2.26. The highest BCUT2D eigenvalue weighted by Gasteiger charge is 2.30. The van der Waals surface area contributed by atoms with E-state index in [9.17, 15) is 9.59 Å². The molecule has 1 N–H and O–H groups in total. The molecule has 90 valence electrons. The van der Waals surface area contributed by atoms with Crippen molar-refractivity contribution in [2.75, 3.05) is 11.4 Å². The second-order valence-electron chi connectivity index (χ2n) is 4.19. The summed E-state index contributed by atoms with van der Waals surface area (Å²) in [5, 5.41) is 9.12. The Morgan fingerprint density at radius 1 is 1.53 bits per heavy atom. The Bertz CT molecular complexity index is 487. The van der Waals surface area contributed by atoms with E-state index in [-0.39, 0.29) is 16.7 Å². The van der Waals surface area contributed by atoms with Crippen molar-refractivity contribution < 1.29 is 14.7 Å². The Kier molecular flexibility index (Phi) is 3.11. The number of amides is 1. The molecule has 0 saturated carbocycles. The van der Waals surface area contributed by atoms with Crippen LogP contribution in [-0.4, -0.2) is 28.8 Å². The van der Waals surface area contributed by atoms with Gasteiger partial charge in [-0.1, -0.05) is 11.6 Å². The molecule has 4 nitrogen and oxygen atoms in total. The number of rotatable bonds is 2. The van der Waals surface area contributed by atoms with Gasteiger partial charge >= 0.3 is 5.97 Å². The van der Waals surface area contributed by atoms with Crippen LogP contribution in [0, 0.1) is 6.92 Å². The van der Waals surface area contributed by atoms with Crippen molar-refractivity contribution in [2.24, 2.45) is 0 Å². The normalized spacial score (nSPS) is 19.8. The average Bonchev–Trinajstić information content (AvgIpc) is 2.57. The van der Waals surface area contributed by atoms with Crippen molar-refractivity contribution in [1.29, 1.82) is 0 Å². The first-order valence-corrected chi connectivity index (χ1v) is 5.83. The number of anilines is 1. The van der Waals surface area contributed by atoms with Crippen LogP contribution in [0.15, 0.2) is 18.2 Å². The van der Waals surface area contributed by atoms with E-state index in [4.69, 9.17) is 5.11 Å². The van der Waals surface area contributed by atoms with Crippen molar-refractivity contribution >= 4 is 30.2 Å². The molecule has 1 fully saturated rings. The number of carbonyl (C=O) groups is 2. The summed E-state index contributed by atoms with van der Waals surface area (Å²) >= 11 is 4.26. The Hall–Kier alpha value is -1.49. The number of aromatic carboxylic acids is 1. The summed E-state index contributed by atoms with van der Waals surface area (Å²) in [6.07, 6.45) is 0.357. The van der Waals surface area contributed by atoms with Crippen LogP contribution < -0.4 is 4.90 Å². The van der Waals surface area contributed by atoms with Gasteiger partial charge in [0.25, 0.3) is 0 Å². The van der Waals surface area contributed by atoms with Crippen LogP contribution in [0.25, 0.3) is 0 Å². The number of nitrogens with zero attached hydrogens (tertiary/aromatic N) is 1.